The third-order valence-electron chi connectivity index (χ3n) is 7.14. The number of aromatic nitrogens is 2. The van der Waals surface area contributed by atoms with Gasteiger partial charge in [-0.3, -0.25) is 9.69 Å². The number of carbonyl (C=O) groups is 1. The van der Waals surface area contributed by atoms with Crippen molar-refractivity contribution in [1.82, 2.24) is 19.8 Å². The molecule has 0 saturated carbocycles. The van der Waals surface area contributed by atoms with Crippen LogP contribution in [0, 0.1) is 11.8 Å². The first kappa shape index (κ1) is 24.9. The zero-order valence-electron chi connectivity index (χ0n) is 20.8. The van der Waals surface area contributed by atoms with Gasteiger partial charge in [0.05, 0.1) is 5.71 Å². The van der Waals surface area contributed by atoms with Gasteiger partial charge in [0.15, 0.2) is 0 Å². The molecular formula is C26H37N7O2. The Morgan fingerprint density at radius 3 is 2.43 bits per heavy atom. The van der Waals surface area contributed by atoms with Crippen LogP contribution in [-0.2, 0) is 22.6 Å². The molecule has 0 radical (unpaired) electrons. The van der Waals surface area contributed by atoms with E-state index in [1.54, 1.807) is 13.3 Å². The minimum absolute atomic E-state index is 0.125. The normalized spacial score (nSPS) is 18.5. The van der Waals surface area contributed by atoms with E-state index in [1.165, 1.54) is 5.56 Å². The summed E-state index contributed by atoms with van der Waals surface area (Å²) in [5.41, 5.74) is 9.17. The second-order valence-electron chi connectivity index (χ2n) is 9.48. The average Bonchev–Trinajstić information content (AvgIpc) is 2.89. The van der Waals surface area contributed by atoms with E-state index in [0.717, 1.165) is 75.5 Å². The van der Waals surface area contributed by atoms with Crippen molar-refractivity contribution in [3.8, 4) is 0 Å². The molecule has 35 heavy (non-hydrogen) atoms. The second-order valence-corrected chi connectivity index (χ2v) is 9.48. The van der Waals surface area contributed by atoms with Crippen LogP contribution in [-0.4, -0.2) is 71.7 Å². The highest BCUT2D eigenvalue weighted by Gasteiger charge is 2.32. The molecule has 188 valence electrons. The quantitative estimate of drug-likeness (QED) is 0.443. The maximum absolute atomic E-state index is 13.2. The van der Waals surface area contributed by atoms with Gasteiger partial charge in [0.1, 0.15) is 18.7 Å². The fourth-order valence-corrected chi connectivity index (χ4v) is 5.18. The molecule has 2 fully saturated rings. The van der Waals surface area contributed by atoms with Crippen molar-refractivity contribution in [3.05, 3.63) is 47.8 Å². The van der Waals surface area contributed by atoms with Crippen molar-refractivity contribution in [2.45, 2.75) is 38.6 Å². The highest BCUT2D eigenvalue weighted by atomic mass is 16.6. The number of amides is 1. The van der Waals surface area contributed by atoms with Crippen molar-refractivity contribution in [3.63, 3.8) is 0 Å². The smallest absolute Gasteiger partial charge is 0.225 e. The lowest BCUT2D eigenvalue weighted by Gasteiger charge is -2.37. The number of hydrogen-bond donors (Lipinski definition) is 2. The van der Waals surface area contributed by atoms with Gasteiger partial charge in [-0.1, -0.05) is 5.16 Å². The first-order valence-corrected chi connectivity index (χ1v) is 12.5. The highest BCUT2D eigenvalue weighted by molar-refractivity contribution is 5.89. The molecule has 0 aliphatic carbocycles. The molecule has 1 amide bonds. The summed E-state index contributed by atoms with van der Waals surface area (Å²) in [5, 5.41) is 7.42. The van der Waals surface area contributed by atoms with Gasteiger partial charge in [0.2, 0.25) is 5.91 Å². The van der Waals surface area contributed by atoms with Gasteiger partial charge in [0.25, 0.3) is 0 Å². The number of nitrogen functional groups attached to an aromatic ring is 1. The van der Waals surface area contributed by atoms with E-state index in [2.05, 4.69) is 42.4 Å². The first-order chi connectivity index (χ1) is 17.1. The minimum Gasteiger partial charge on any atom is -0.399 e. The van der Waals surface area contributed by atoms with Gasteiger partial charge in [-0.05, 0) is 74.2 Å². The fourth-order valence-electron chi connectivity index (χ4n) is 5.18. The summed E-state index contributed by atoms with van der Waals surface area (Å²) in [6.07, 6.45) is 7.90. The number of nitrogens with zero attached hydrogens (tertiary/aromatic N) is 5. The molecule has 2 saturated heterocycles. The van der Waals surface area contributed by atoms with Crippen molar-refractivity contribution >= 4 is 23.3 Å². The number of nitrogens with one attached hydrogen (secondary N) is 1. The van der Waals surface area contributed by atoms with Crippen LogP contribution in [0.2, 0.25) is 0 Å². The van der Waals surface area contributed by atoms with Crippen LogP contribution in [0.1, 0.15) is 36.8 Å². The van der Waals surface area contributed by atoms with Crippen LogP contribution in [0.25, 0.3) is 0 Å². The Hall–Kier alpha value is -3.20. The molecular weight excluding hydrogens is 442 g/mol. The lowest BCUT2D eigenvalue weighted by Crippen LogP contribution is -2.46. The molecule has 9 heteroatoms. The Balaban J connectivity index is 1.25. The van der Waals surface area contributed by atoms with E-state index in [-0.39, 0.29) is 5.92 Å². The van der Waals surface area contributed by atoms with Crippen molar-refractivity contribution < 1.29 is 9.63 Å². The molecule has 0 aromatic carbocycles. The number of anilines is 2. The molecule has 9 nitrogen and oxygen atoms in total. The van der Waals surface area contributed by atoms with Gasteiger partial charge in [-0.25, -0.2) is 9.97 Å². The maximum Gasteiger partial charge on any atom is 0.225 e. The summed E-state index contributed by atoms with van der Waals surface area (Å²) in [6, 6.07) is 7.99. The van der Waals surface area contributed by atoms with Gasteiger partial charge in [-0.2, -0.15) is 0 Å². The molecule has 0 bridgehead atoms. The molecule has 0 unspecified atom stereocenters. The van der Waals surface area contributed by atoms with Crippen LogP contribution in [0.3, 0.4) is 0 Å². The van der Waals surface area contributed by atoms with Crippen molar-refractivity contribution in [2.75, 3.05) is 51.4 Å². The molecule has 4 heterocycles. The molecule has 0 atom stereocenters. The largest absolute Gasteiger partial charge is 0.399 e. The Morgan fingerprint density at radius 1 is 1.06 bits per heavy atom. The van der Waals surface area contributed by atoms with Crippen LogP contribution >= 0.6 is 0 Å². The fraction of sp³-hybridized carbons (Fsp3) is 0.538. The molecule has 3 N–H and O–H groups in total. The summed E-state index contributed by atoms with van der Waals surface area (Å²) in [6.45, 7) is 4.34. The van der Waals surface area contributed by atoms with Crippen molar-refractivity contribution in [1.29, 1.82) is 0 Å². The molecule has 2 aliphatic rings. The zero-order valence-corrected chi connectivity index (χ0v) is 20.8. The maximum atomic E-state index is 13.2. The summed E-state index contributed by atoms with van der Waals surface area (Å²) in [4.78, 5) is 31.2. The molecule has 4 rings (SSSR count). The summed E-state index contributed by atoms with van der Waals surface area (Å²) in [7, 11) is 3.47. The number of oxime groups is 1. The van der Waals surface area contributed by atoms with Crippen LogP contribution in [0.5, 0.6) is 0 Å². The third kappa shape index (κ3) is 6.69. The molecule has 2 aliphatic heterocycles. The predicted molar refractivity (Wildman–Crippen MR) is 138 cm³/mol. The Kier molecular flexibility index (Phi) is 8.52. The van der Waals surface area contributed by atoms with Gasteiger partial charge < -0.3 is 20.8 Å². The monoisotopic (exact) mass is 479 g/mol. The third-order valence-corrected chi connectivity index (χ3v) is 7.14. The zero-order chi connectivity index (χ0) is 24.6. The van der Waals surface area contributed by atoms with E-state index in [1.807, 2.05) is 25.4 Å². The topological polar surface area (TPSA) is 109 Å². The van der Waals surface area contributed by atoms with E-state index in [0.29, 0.717) is 24.1 Å². The van der Waals surface area contributed by atoms with Gasteiger partial charge in [0, 0.05) is 57.3 Å². The van der Waals surface area contributed by atoms with Gasteiger partial charge in [-0.15, -0.1) is 0 Å². The molecule has 2 aromatic rings. The van der Waals surface area contributed by atoms with Gasteiger partial charge >= 0.3 is 0 Å². The lowest BCUT2D eigenvalue weighted by atomic mass is 9.87. The number of rotatable bonds is 8. The summed E-state index contributed by atoms with van der Waals surface area (Å²) < 4.78 is 0. The average molecular weight is 480 g/mol. The summed E-state index contributed by atoms with van der Waals surface area (Å²) >= 11 is 0. The Morgan fingerprint density at radius 2 is 1.74 bits per heavy atom. The van der Waals surface area contributed by atoms with Crippen LogP contribution in [0.4, 0.5) is 11.6 Å². The number of hydrogen-bond acceptors (Lipinski definition) is 8. The summed E-state index contributed by atoms with van der Waals surface area (Å²) in [5.74, 6) is 2.14. The Bertz CT molecular complexity index is 1010. The number of nitrogens with two attached hydrogens (primary N) is 1. The number of piperidine rings is 2. The van der Waals surface area contributed by atoms with Crippen LogP contribution < -0.4 is 11.1 Å². The van der Waals surface area contributed by atoms with E-state index in [4.69, 9.17) is 10.6 Å². The van der Waals surface area contributed by atoms with E-state index in [9.17, 15) is 4.79 Å². The van der Waals surface area contributed by atoms with E-state index < -0.39 is 0 Å². The van der Waals surface area contributed by atoms with Crippen molar-refractivity contribution in [2.24, 2.45) is 17.0 Å². The molecule has 0 spiro atoms. The highest BCUT2D eigenvalue weighted by Crippen LogP contribution is 2.26. The number of carbonyl (C=O) groups excluding carboxylic acids is 1. The minimum atomic E-state index is 0.125. The second kappa shape index (κ2) is 12.0. The number of pyridine rings is 2. The van der Waals surface area contributed by atoms with E-state index >= 15 is 0 Å². The number of likely N-dealkylation sites (tertiary alicyclic amines) is 2. The first-order valence-electron chi connectivity index (χ1n) is 12.5. The molecule has 2 aromatic heterocycles. The SMILES string of the molecule is CNc1cc(CN2CCC(C(=O)N3CCC(C(Cc4ccnc(N)c4)=NOC)CC3)CC2)ccn1. The van der Waals surface area contributed by atoms with Crippen LogP contribution in [0.15, 0.2) is 41.8 Å². The predicted octanol–water partition coefficient (Wildman–Crippen LogP) is 2.80. The standard InChI is InChI=1S/C26H37N7O2/c1-28-25-17-20(4-10-30-25)18-32-11-5-22(6-12-32)26(34)33-13-7-21(8-14-33)23(31-35-2)15-19-3-9-29-24(27)16-19/h3-4,9-10,16-17,21-22H,5-8,11-15,18H2,1-2H3,(H2,27,29)(H,28,30). The lowest BCUT2D eigenvalue weighted by molar-refractivity contribution is -0.138. The Labute approximate surface area is 207 Å².